The van der Waals surface area contributed by atoms with E-state index in [0.29, 0.717) is 11.6 Å². The zero-order valence-corrected chi connectivity index (χ0v) is 8.65. The summed E-state index contributed by atoms with van der Waals surface area (Å²) in [4.78, 5) is 10.8. The number of carbonyl (C=O) groups is 1. The molecule has 0 aromatic heterocycles. The molecule has 0 radical (unpaired) electrons. The summed E-state index contributed by atoms with van der Waals surface area (Å²) < 4.78 is 26.8. The van der Waals surface area contributed by atoms with Crippen LogP contribution in [0, 0.1) is 11.6 Å². The van der Waals surface area contributed by atoms with E-state index in [1.54, 1.807) is 30.3 Å². The molecule has 0 saturated heterocycles. The summed E-state index contributed by atoms with van der Waals surface area (Å²) in [6.07, 6.45) is 0. The van der Waals surface area contributed by atoms with Crippen molar-refractivity contribution in [3.8, 4) is 11.1 Å². The van der Waals surface area contributed by atoms with Gasteiger partial charge < -0.3 is 5.11 Å². The Morgan fingerprint density at radius 1 is 1.06 bits per heavy atom. The van der Waals surface area contributed by atoms with Gasteiger partial charge in [-0.3, -0.25) is 0 Å². The molecule has 1 N–H and O–H groups in total. The second kappa shape index (κ2) is 4.33. The highest BCUT2D eigenvalue weighted by Gasteiger charge is 2.15. The summed E-state index contributed by atoms with van der Waals surface area (Å²) in [7, 11) is 0. The number of hydrogen-bond donors (Lipinski definition) is 1. The molecule has 4 heteroatoms. The first kappa shape index (κ1) is 11.3. The van der Waals surface area contributed by atoms with Crippen LogP contribution >= 0.6 is 0 Å². The van der Waals surface area contributed by atoms with Crippen LogP contribution < -0.4 is 0 Å². The summed E-state index contributed by atoms with van der Waals surface area (Å²) in [6.45, 7) is 0. The van der Waals surface area contributed by atoms with E-state index in [0.717, 1.165) is 6.07 Å². The molecule has 0 aliphatic rings. The molecule has 0 amide bonds. The molecule has 0 bridgehead atoms. The van der Waals surface area contributed by atoms with E-state index in [-0.39, 0.29) is 11.1 Å². The van der Waals surface area contributed by atoms with Crippen molar-refractivity contribution < 1.29 is 18.7 Å². The van der Waals surface area contributed by atoms with Crippen molar-refractivity contribution in [3.05, 3.63) is 59.7 Å². The number of carboxylic acid groups (broad SMARTS) is 1. The smallest absolute Gasteiger partial charge is 0.335 e. The van der Waals surface area contributed by atoms with Crippen molar-refractivity contribution in [1.82, 2.24) is 0 Å². The van der Waals surface area contributed by atoms with Crippen LogP contribution in [0.4, 0.5) is 8.78 Å². The molecule has 0 aliphatic heterocycles. The van der Waals surface area contributed by atoms with Crippen LogP contribution in [0.1, 0.15) is 10.4 Å². The number of rotatable bonds is 2. The van der Waals surface area contributed by atoms with Crippen LogP contribution in [0.2, 0.25) is 0 Å². The fourth-order valence-electron chi connectivity index (χ4n) is 1.54. The van der Waals surface area contributed by atoms with Gasteiger partial charge >= 0.3 is 5.97 Å². The highest BCUT2D eigenvalue weighted by Crippen LogP contribution is 2.25. The first-order chi connectivity index (χ1) is 8.09. The summed E-state index contributed by atoms with van der Waals surface area (Å²) in [5.74, 6) is -3.49. The van der Waals surface area contributed by atoms with Crippen LogP contribution in [0.3, 0.4) is 0 Å². The lowest BCUT2D eigenvalue weighted by molar-refractivity contribution is 0.0696. The van der Waals surface area contributed by atoms with Crippen LogP contribution in [0.25, 0.3) is 11.1 Å². The summed E-state index contributed by atoms with van der Waals surface area (Å²) in [6, 6.07) is 10.0. The van der Waals surface area contributed by atoms with Crippen LogP contribution in [0.15, 0.2) is 42.5 Å². The van der Waals surface area contributed by atoms with Crippen LogP contribution in [-0.2, 0) is 0 Å². The fourth-order valence-corrected chi connectivity index (χ4v) is 1.54. The van der Waals surface area contributed by atoms with Gasteiger partial charge in [-0.1, -0.05) is 30.3 Å². The molecule has 2 aromatic rings. The zero-order chi connectivity index (χ0) is 12.4. The summed E-state index contributed by atoms with van der Waals surface area (Å²) >= 11 is 0. The first-order valence-corrected chi connectivity index (χ1v) is 4.87. The number of hydrogen-bond acceptors (Lipinski definition) is 1. The van der Waals surface area contributed by atoms with Gasteiger partial charge in [-0.05, 0) is 17.7 Å². The fraction of sp³-hybridized carbons (Fsp3) is 0. The molecular weight excluding hydrogens is 226 g/mol. The topological polar surface area (TPSA) is 37.3 Å². The lowest BCUT2D eigenvalue weighted by Crippen LogP contribution is -2.00. The van der Waals surface area contributed by atoms with Crippen molar-refractivity contribution >= 4 is 5.97 Å². The Kier molecular flexibility index (Phi) is 2.87. The number of benzene rings is 2. The Morgan fingerprint density at radius 2 is 1.71 bits per heavy atom. The van der Waals surface area contributed by atoms with Gasteiger partial charge in [0.15, 0.2) is 11.6 Å². The molecule has 2 nitrogen and oxygen atoms in total. The highest BCUT2D eigenvalue weighted by atomic mass is 19.2. The summed E-state index contributed by atoms with van der Waals surface area (Å²) in [5.41, 5.74) is 0.109. The van der Waals surface area contributed by atoms with Crippen molar-refractivity contribution in [1.29, 1.82) is 0 Å². The molecule has 0 atom stereocenters. The quantitative estimate of drug-likeness (QED) is 0.865. The molecule has 0 unspecified atom stereocenters. The third-order valence-electron chi connectivity index (χ3n) is 2.36. The normalized spacial score (nSPS) is 10.2. The monoisotopic (exact) mass is 234 g/mol. The second-order valence-electron chi connectivity index (χ2n) is 3.49. The first-order valence-electron chi connectivity index (χ1n) is 4.87. The van der Waals surface area contributed by atoms with Crippen molar-refractivity contribution in [2.24, 2.45) is 0 Å². The predicted octanol–water partition coefficient (Wildman–Crippen LogP) is 3.33. The Morgan fingerprint density at radius 3 is 2.29 bits per heavy atom. The van der Waals surface area contributed by atoms with E-state index < -0.39 is 17.6 Å². The molecule has 2 rings (SSSR count). The Labute approximate surface area is 96.1 Å². The highest BCUT2D eigenvalue weighted by molar-refractivity contribution is 5.89. The van der Waals surface area contributed by atoms with Gasteiger partial charge in [0.25, 0.3) is 0 Å². The molecule has 2 aromatic carbocycles. The maximum absolute atomic E-state index is 13.6. The average molecular weight is 234 g/mol. The average Bonchev–Trinajstić information content (AvgIpc) is 2.33. The van der Waals surface area contributed by atoms with E-state index in [1.165, 1.54) is 0 Å². The van der Waals surface area contributed by atoms with Crippen molar-refractivity contribution in [3.63, 3.8) is 0 Å². The largest absolute Gasteiger partial charge is 0.478 e. The molecule has 0 heterocycles. The van der Waals surface area contributed by atoms with Crippen LogP contribution in [-0.4, -0.2) is 11.1 Å². The van der Waals surface area contributed by atoms with Gasteiger partial charge in [0.2, 0.25) is 0 Å². The van der Waals surface area contributed by atoms with Crippen molar-refractivity contribution in [2.75, 3.05) is 0 Å². The Bertz CT molecular complexity index is 565. The van der Waals surface area contributed by atoms with Gasteiger partial charge in [-0.2, -0.15) is 0 Å². The minimum Gasteiger partial charge on any atom is -0.478 e. The maximum atomic E-state index is 13.6. The molecule has 86 valence electrons. The van der Waals surface area contributed by atoms with Gasteiger partial charge in [-0.15, -0.1) is 0 Å². The third-order valence-corrected chi connectivity index (χ3v) is 2.36. The molecule has 17 heavy (non-hydrogen) atoms. The molecule has 0 spiro atoms. The minimum absolute atomic E-state index is 0.0528. The second-order valence-corrected chi connectivity index (χ2v) is 3.49. The Balaban J connectivity index is 2.65. The molecule has 0 aliphatic carbocycles. The van der Waals surface area contributed by atoms with E-state index in [9.17, 15) is 13.6 Å². The van der Waals surface area contributed by atoms with Gasteiger partial charge in [-0.25, -0.2) is 13.6 Å². The van der Waals surface area contributed by atoms with Crippen molar-refractivity contribution in [2.45, 2.75) is 0 Å². The predicted molar refractivity (Wildman–Crippen MR) is 58.8 cm³/mol. The molecule has 0 saturated carbocycles. The summed E-state index contributed by atoms with van der Waals surface area (Å²) in [5, 5.41) is 8.78. The Hall–Kier alpha value is -2.23. The SMILES string of the molecule is O=C(O)c1cc(F)c(F)c(-c2ccccc2)c1. The lowest BCUT2D eigenvalue weighted by atomic mass is 10.0. The zero-order valence-electron chi connectivity index (χ0n) is 8.65. The van der Waals surface area contributed by atoms with E-state index in [1.807, 2.05) is 0 Å². The minimum atomic E-state index is -1.29. The van der Waals surface area contributed by atoms with Gasteiger partial charge in [0.05, 0.1) is 5.56 Å². The maximum Gasteiger partial charge on any atom is 0.335 e. The molecule has 0 fully saturated rings. The van der Waals surface area contributed by atoms with E-state index in [2.05, 4.69) is 0 Å². The van der Waals surface area contributed by atoms with Gasteiger partial charge in [0.1, 0.15) is 0 Å². The third kappa shape index (κ3) is 2.15. The number of aromatic carboxylic acids is 1. The van der Waals surface area contributed by atoms with E-state index >= 15 is 0 Å². The standard InChI is InChI=1S/C13H8F2O2/c14-11-7-9(13(16)17)6-10(12(11)15)8-4-2-1-3-5-8/h1-7H,(H,16,17). The number of carboxylic acids is 1. The number of halogens is 2. The van der Waals surface area contributed by atoms with E-state index in [4.69, 9.17) is 5.11 Å². The van der Waals surface area contributed by atoms with Crippen LogP contribution in [0.5, 0.6) is 0 Å². The molecular formula is C13H8F2O2. The van der Waals surface area contributed by atoms with Gasteiger partial charge in [0, 0.05) is 5.56 Å². The lowest BCUT2D eigenvalue weighted by Gasteiger charge is -2.05.